The number of fused-ring (bicyclic) bond motifs is 1. The molecule has 0 aliphatic rings. The zero-order chi connectivity index (χ0) is 23.3. The fourth-order valence-corrected chi connectivity index (χ4v) is 3.17. The predicted molar refractivity (Wildman–Crippen MR) is 114 cm³/mol. The number of nitrogens with zero attached hydrogens (tertiary/aromatic N) is 1. The second-order valence-electron chi connectivity index (χ2n) is 6.71. The van der Waals surface area contributed by atoms with Gasteiger partial charge in [-0.3, -0.25) is 19.7 Å². The number of nitrogens with one attached hydrogen (secondary N) is 1. The zero-order valence-electron chi connectivity index (χ0n) is 17.3. The largest absolute Gasteiger partial charge is 0.493 e. The molecule has 3 rings (SSSR count). The smallest absolute Gasteiger partial charge is 0.349 e. The number of hydrogen-bond donors (Lipinski definition) is 1. The number of esters is 1. The van der Waals surface area contributed by atoms with Crippen LogP contribution in [0.5, 0.6) is 5.75 Å². The molecule has 1 amide bonds. The third-order valence-electron chi connectivity index (χ3n) is 4.65. The summed E-state index contributed by atoms with van der Waals surface area (Å²) in [5.41, 5.74) is -0.882. The monoisotopic (exact) mass is 440 g/mol. The lowest BCUT2D eigenvalue weighted by atomic mass is 10.0. The molecule has 10 nitrogen and oxygen atoms in total. The summed E-state index contributed by atoms with van der Waals surface area (Å²) in [4.78, 5) is 48.0. The van der Waals surface area contributed by atoms with Crippen LogP contribution in [0.3, 0.4) is 0 Å². The molecule has 1 heterocycles. The van der Waals surface area contributed by atoms with Gasteiger partial charge in [0.15, 0.2) is 11.3 Å². The third kappa shape index (κ3) is 4.91. The Morgan fingerprint density at radius 2 is 1.94 bits per heavy atom. The number of carbonyl (C=O) groups excluding carboxylic acids is 2. The van der Waals surface area contributed by atoms with Gasteiger partial charge in [-0.05, 0) is 24.6 Å². The number of ether oxygens (including phenoxy) is 2. The van der Waals surface area contributed by atoms with Crippen LogP contribution < -0.4 is 15.7 Å². The van der Waals surface area contributed by atoms with E-state index >= 15 is 0 Å². The van der Waals surface area contributed by atoms with Gasteiger partial charge in [0.2, 0.25) is 0 Å². The number of nitro groups is 1. The van der Waals surface area contributed by atoms with E-state index in [-0.39, 0.29) is 29.9 Å². The zero-order valence-corrected chi connectivity index (χ0v) is 17.3. The van der Waals surface area contributed by atoms with E-state index in [4.69, 9.17) is 13.9 Å². The number of nitro benzene ring substituents is 1. The van der Waals surface area contributed by atoms with Gasteiger partial charge in [-0.15, -0.1) is 0 Å². The molecular formula is C22H20N2O8. The highest BCUT2D eigenvalue weighted by Gasteiger charge is 2.24. The van der Waals surface area contributed by atoms with E-state index in [0.29, 0.717) is 16.7 Å². The Balaban J connectivity index is 1.97. The standard InChI is InChI=1S/C22H20N2O8/c1-3-31-19(25)12-17(13-6-4-8-15(10-13)24(28)29)23-21(26)16-11-14-7-5-9-18(30-2)20(14)32-22(16)27/h4-11,17H,3,12H2,1-2H3,(H,23,26)/t17-/m1/s1. The van der Waals surface area contributed by atoms with Gasteiger partial charge in [0, 0.05) is 17.5 Å². The average Bonchev–Trinajstić information content (AvgIpc) is 2.78. The Bertz CT molecular complexity index is 1230. The molecule has 2 aromatic carbocycles. The molecule has 1 N–H and O–H groups in total. The fourth-order valence-electron chi connectivity index (χ4n) is 3.17. The van der Waals surface area contributed by atoms with Crippen molar-refractivity contribution >= 4 is 28.5 Å². The Hall–Kier alpha value is -4.21. The molecule has 10 heteroatoms. The van der Waals surface area contributed by atoms with Crippen molar-refractivity contribution in [3.8, 4) is 5.75 Å². The van der Waals surface area contributed by atoms with Crippen molar-refractivity contribution in [2.24, 2.45) is 0 Å². The van der Waals surface area contributed by atoms with Gasteiger partial charge < -0.3 is 19.2 Å². The van der Waals surface area contributed by atoms with E-state index in [1.165, 1.54) is 37.4 Å². The lowest BCUT2D eigenvalue weighted by Gasteiger charge is -2.18. The number of carbonyl (C=O) groups is 2. The summed E-state index contributed by atoms with van der Waals surface area (Å²) >= 11 is 0. The molecule has 0 spiro atoms. The number of amides is 1. The summed E-state index contributed by atoms with van der Waals surface area (Å²) in [6, 6.07) is 10.8. The van der Waals surface area contributed by atoms with Gasteiger partial charge in [-0.1, -0.05) is 24.3 Å². The van der Waals surface area contributed by atoms with Crippen LogP contribution >= 0.6 is 0 Å². The molecule has 0 aliphatic heterocycles. The van der Waals surface area contributed by atoms with Gasteiger partial charge in [-0.25, -0.2) is 4.79 Å². The van der Waals surface area contributed by atoms with E-state index < -0.39 is 28.5 Å². The summed E-state index contributed by atoms with van der Waals surface area (Å²) < 4.78 is 15.4. The van der Waals surface area contributed by atoms with Crippen molar-refractivity contribution in [2.75, 3.05) is 13.7 Å². The second kappa shape index (κ2) is 9.73. The average molecular weight is 440 g/mol. The van der Waals surface area contributed by atoms with Crippen LogP contribution in [0.25, 0.3) is 11.0 Å². The molecule has 166 valence electrons. The number of hydrogen-bond acceptors (Lipinski definition) is 8. The molecule has 0 fully saturated rings. The molecule has 1 atom stereocenters. The van der Waals surface area contributed by atoms with E-state index in [9.17, 15) is 24.5 Å². The maximum Gasteiger partial charge on any atom is 0.349 e. The SMILES string of the molecule is CCOC(=O)C[C@@H](NC(=O)c1cc2cccc(OC)c2oc1=O)c1cccc([N+](=O)[O-])c1. The van der Waals surface area contributed by atoms with Crippen LogP contribution in [0.2, 0.25) is 0 Å². The minimum absolute atomic E-state index is 0.129. The normalized spacial score (nSPS) is 11.6. The summed E-state index contributed by atoms with van der Waals surface area (Å²) in [6.45, 7) is 1.76. The third-order valence-corrected chi connectivity index (χ3v) is 4.65. The Morgan fingerprint density at radius 1 is 1.19 bits per heavy atom. The number of methoxy groups -OCH3 is 1. The fraction of sp³-hybridized carbons (Fsp3) is 0.227. The van der Waals surface area contributed by atoms with Crippen molar-refractivity contribution in [1.82, 2.24) is 5.32 Å². The second-order valence-corrected chi connectivity index (χ2v) is 6.71. The minimum Gasteiger partial charge on any atom is -0.493 e. The molecule has 0 aliphatic carbocycles. The quantitative estimate of drug-likeness (QED) is 0.244. The molecule has 32 heavy (non-hydrogen) atoms. The van der Waals surface area contributed by atoms with Crippen molar-refractivity contribution in [3.05, 3.63) is 80.2 Å². The van der Waals surface area contributed by atoms with Gasteiger partial charge in [-0.2, -0.15) is 0 Å². The number of rotatable bonds is 8. The Labute approximate surface area is 181 Å². The number of benzene rings is 2. The molecule has 0 saturated heterocycles. The first-order valence-corrected chi connectivity index (χ1v) is 9.65. The van der Waals surface area contributed by atoms with Crippen LogP contribution in [-0.2, 0) is 9.53 Å². The molecule has 3 aromatic rings. The van der Waals surface area contributed by atoms with Crippen LogP contribution in [0.15, 0.2) is 57.7 Å². The maximum absolute atomic E-state index is 12.9. The Morgan fingerprint density at radius 3 is 2.62 bits per heavy atom. The highest BCUT2D eigenvalue weighted by atomic mass is 16.6. The van der Waals surface area contributed by atoms with Crippen molar-refractivity contribution < 1.29 is 28.4 Å². The van der Waals surface area contributed by atoms with Gasteiger partial charge in [0.25, 0.3) is 11.6 Å². The first kappa shape index (κ1) is 22.5. The van der Waals surface area contributed by atoms with Crippen LogP contribution in [0.1, 0.15) is 35.3 Å². The number of para-hydroxylation sites is 1. The lowest BCUT2D eigenvalue weighted by Crippen LogP contribution is -2.33. The molecule has 1 aromatic heterocycles. The molecule has 0 saturated carbocycles. The summed E-state index contributed by atoms with van der Waals surface area (Å²) in [5.74, 6) is -1.08. The molecule has 0 bridgehead atoms. The van der Waals surface area contributed by atoms with Crippen molar-refractivity contribution in [2.45, 2.75) is 19.4 Å². The molecule has 0 unspecified atom stereocenters. The molecule has 0 radical (unpaired) electrons. The first-order chi connectivity index (χ1) is 15.3. The van der Waals surface area contributed by atoms with Crippen molar-refractivity contribution in [1.29, 1.82) is 0 Å². The molecular weight excluding hydrogens is 420 g/mol. The summed E-state index contributed by atoms with van der Waals surface area (Å²) in [7, 11) is 1.43. The van der Waals surface area contributed by atoms with E-state index in [2.05, 4.69) is 5.32 Å². The Kier molecular flexibility index (Phi) is 6.83. The van der Waals surface area contributed by atoms with Crippen LogP contribution in [0, 0.1) is 10.1 Å². The van der Waals surface area contributed by atoms with E-state index in [0.717, 1.165) is 0 Å². The predicted octanol–water partition coefficient (Wildman–Crippen LogP) is 3.13. The topological polar surface area (TPSA) is 138 Å². The van der Waals surface area contributed by atoms with Gasteiger partial charge in [0.05, 0.1) is 31.1 Å². The lowest BCUT2D eigenvalue weighted by molar-refractivity contribution is -0.384. The summed E-state index contributed by atoms with van der Waals surface area (Å²) in [5, 5.41) is 14.2. The highest BCUT2D eigenvalue weighted by molar-refractivity contribution is 5.97. The number of non-ortho nitro benzene ring substituents is 1. The maximum atomic E-state index is 12.9. The van der Waals surface area contributed by atoms with E-state index in [1.807, 2.05) is 0 Å². The summed E-state index contributed by atoms with van der Waals surface area (Å²) in [6.07, 6.45) is -0.284. The van der Waals surface area contributed by atoms with Gasteiger partial charge in [0.1, 0.15) is 5.56 Å². The minimum atomic E-state index is -0.971. The van der Waals surface area contributed by atoms with Crippen molar-refractivity contribution in [3.63, 3.8) is 0 Å². The van der Waals surface area contributed by atoms with E-state index in [1.54, 1.807) is 25.1 Å². The van der Waals surface area contributed by atoms with Gasteiger partial charge >= 0.3 is 11.6 Å². The first-order valence-electron chi connectivity index (χ1n) is 9.65. The van der Waals surface area contributed by atoms with Crippen LogP contribution in [-0.4, -0.2) is 30.5 Å². The highest BCUT2D eigenvalue weighted by Crippen LogP contribution is 2.26. The van der Waals surface area contributed by atoms with Crippen LogP contribution in [0.4, 0.5) is 5.69 Å².